The van der Waals surface area contributed by atoms with Crippen molar-refractivity contribution in [3.63, 3.8) is 0 Å². The van der Waals surface area contributed by atoms with Crippen LogP contribution >= 0.6 is 12.2 Å². The van der Waals surface area contributed by atoms with E-state index in [-0.39, 0.29) is 11.9 Å². The molecule has 0 saturated heterocycles. The van der Waals surface area contributed by atoms with Gasteiger partial charge < -0.3 is 5.32 Å². The van der Waals surface area contributed by atoms with Crippen molar-refractivity contribution in [1.29, 1.82) is 0 Å². The average Bonchev–Trinajstić information content (AvgIpc) is 3.00. The van der Waals surface area contributed by atoms with Crippen LogP contribution in [0, 0.1) is 5.82 Å². The quantitative estimate of drug-likeness (QED) is 0.860. The number of nitrogens with one attached hydrogen (secondary N) is 1. The zero-order chi connectivity index (χ0) is 15.5. The van der Waals surface area contributed by atoms with Gasteiger partial charge in [0, 0.05) is 19.0 Å². The first kappa shape index (κ1) is 14.7. The number of rotatable bonds is 2. The first-order chi connectivity index (χ1) is 10.7. The molecule has 1 aliphatic heterocycles. The predicted octanol–water partition coefficient (Wildman–Crippen LogP) is 3.48. The molecule has 112 valence electrons. The Bertz CT molecular complexity index is 715. The van der Waals surface area contributed by atoms with Crippen LogP contribution in [0.15, 0.2) is 59.7 Å². The van der Waals surface area contributed by atoms with Crippen LogP contribution in [0.3, 0.4) is 0 Å². The summed E-state index contributed by atoms with van der Waals surface area (Å²) in [4.78, 5) is 0. The molecule has 0 saturated carbocycles. The Hall–Kier alpha value is -2.27. The van der Waals surface area contributed by atoms with Gasteiger partial charge in [0.15, 0.2) is 5.11 Å². The third-order valence-corrected chi connectivity index (χ3v) is 4.09. The summed E-state index contributed by atoms with van der Waals surface area (Å²) in [6, 6.07) is 16.5. The molecule has 0 spiro atoms. The summed E-state index contributed by atoms with van der Waals surface area (Å²) >= 11 is 5.32. The van der Waals surface area contributed by atoms with Gasteiger partial charge in [0.2, 0.25) is 0 Å². The monoisotopic (exact) mass is 313 g/mol. The Balaban J connectivity index is 1.98. The van der Waals surface area contributed by atoms with Gasteiger partial charge >= 0.3 is 0 Å². The van der Waals surface area contributed by atoms with Gasteiger partial charge in [-0.25, -0.2) is 9.40 Å². The van der Waals surface area contributed by atoms with E-state index in [2.05, 4.69) is 10.4 Å². The lowest BCUT2D eigenvalue weighted by Gasteiger charge is -2.24. The van der Waals surface area contributed by atoms with Gasteiger partial charge in [-0.1, -0.05) is 48.5 Å². The summed E-state index contributed by atoms with van der Waals surface area (Å²) in [6.07, 6.45) is 0.618. The van der Waals surface area contributed by atoms with Crippen LogP contribution in [0.5, 0.6) is 0 Å². The van der Waals surface area contributed by atoms with Gasteiger partial charge in [-0.05, 0) is 23.8 Å². The third-order valence-electron chi connectivity index (χ3n) is 3.70. The van der Waals surface area contributed by atoms with Crippen LogP contribution < -0.4 is 5.32 Å². The zero-order valence-electron chi connectivity index (χ0n) is 12.2. The molecule has 3 rings (SSSR count). The topological polar surface area (TPSA) is 27.6 Å². The molecule has 0 fully saturated rings. The summed E-state index contributed by atoms with van der Waals surface area (Å²) in [6.45, 7) is 0. The standard InChI is InChI=1S/C17H16FN3S/c1-19-17(22)21-16(13-9-5-6-10-14(13)18)11-15(20-21)12-7-3-2-4-8-12/h2-10,16H,11H2,1H3,(H,19,22)/t16-/m1/s1. The minimum absolute atomic E-state index is 0.226. The van der Waals surface area contributed by atoms with Crippen molar-refractivity contribution in [2.45, 2.75) is 12.5 Å². The summed E-state index contributed by atoms with van der Waals surface area (Å²) in [5, 5.41) is 9.71. The van der Waals surface area contributed by atoms with E-state index in [1.54, 1.807) is 24.2 Å². The second-order valence-corrected chi connectivity index (χ2v) is 5.44. The maximum atomic E-state index is 14.2. The maximum Gasteiger partial charge on any atom is 0.189 e. The Morgan fingerprint density at radius 2 is 1.86 bits per heavy atom. The number of hydrogen-bond acceptors (Lipinski definition) is 2. The minimum Gasteiger partial charge on any atom is -0.364 e. The summed E-state index contributed by atoms with van der Waals surface area (Å²) in [7, 11) is 1.75. The molecule has 0 unspecified atom stereocenters. The highest BCUT2D eigenvalue weighted by molar-refractivity contribution is 7.80. The summed E-state index contributed by atoms with van der Waals surface area (Å²) < 4.78 is 14.2. The SMILES string of the molecule is CNC(=S)N1N=C(c2ccccc2)C[C@@H]1c1ccccc1F. The molecular formula is C17H16FN3S. The zero-order valence-corrected chi connectivity index (χ0v) is 13.0. The number of thiocarbonyl (C=S) groups is 1. The molecule has 1 N–H and O–H groups in total. The summed E-state index contributed by atoms with van der Waals surface area (Å²) in [5.41, 5.74) is 2.55. The van der Waals surface area contributed by atoms with Gasteiger partial charge in [-0.2, -0.15) is 5.10 Å². The van der Waals surface area contributed by atoms with E-state index in [0.29, 0.717) is 17.1 Å². The van der Waals surface area contributed by atoms with Gasteiger partial charge in [-0.3, -0.25) is 0 Å². The lowest BCUT2D eigenvalue weighted by molar-refractivity contribution is 0.356. The number of halogens is 1. The van der Waals surface area contributed by atoms with E-state index in [4.69, 9.17) is 12.2 Å². The van der Waals surface area contributed by atoms with Crippen molar-refractivity contribution >= 4 is 23.0 Å². The molecule has 0 aliphatic carbocycles. The highest BCUT2D eigenvalue weighted by Crippen LogP contribution is 2.33. The Morgan fingerprint density at radius 1 is 1.18 bits per heavy atom. The van der Waals surface area contributed by atoms with Crippen LogP contribution in [-0.2, 0) is 0 Å². The van der Waals surface area contributed by atoms with Crippen LogP contribution in [0.25, 0.3) is 0 Å². The fraction of sp³-hybridized carbons (Fsp3) is 0.176. The van der Waals surface area contributed by atoms with E-state index >= 15 is 0 Å². The molecule has 2 aromatic rings. The molecule has 22 heavy (non-hydrogen) atoms. The molecule has 1 heterocycles. The molecule has 3 nitrogen and oxygen atoms in total. The lowest BCUT2D eigenvalue weighted by atomic mass is 9.98. The molecule has 2 aromatic carbocycles. The lowest BCUT2D eigenvalue weighted by Crippen LogP contribution is -2.34. The number of hydrogen-bond donors (Lipinski definition) is 1. The third kappa shape index (κ3) is 2.72. The number of hydrazone groups is 1. The van der Waals surface area contributed by atoms with Crippen molar-refractivity contribution in [3.8, 4) is 0 Å². The number of nitrogens with zero attached hydrogens (tertiary/aromatic N) is 2. The molecule has 0 amide bonds. The Kier molecular flexibility index (Phi) is 4.15. The minimum atomic E-state index is -0.235. The van der Waals surface area contributed by atoms with Crippen molar-refractivity contribution < 1.29 is 4.39 Å². The smallest absolute Gasteiger partial charge is 0.189 e. The van der Waals surface area contributed by atoms with Gasteiger partial charge in [0.05, 0.1) is 11.8 Å². The van der Waals surface area contributed by atoms with Crippen LogP contribution in [-0.4, -0.2) is 22.9 Å². The van der Waals surface area contributed by atoms with E-state index in [0.717, 1.165) is 11.3 Å². The molecule has 0 radical (unpaired) electrons. The highest BCUT2D eigenvalue weighted by atomic mass is 32.1. The molecule has 1 atom stereocenters. The predicted molar refractivity (Wildman–Crippen MR) is 90.2 cm³/mol. The molecular weight excluding hydrogens is 297 g/mol. The number of benzene rings is 2. The van der Waals surface area contributed by atoms with E-state index in [9.17, 15) is 4.39 Å². The second-order valence-electron chi connectivity index (χ2n) is 5.05. The fourth-order valence-electron chi connectivity index (χ4n) is 2.60. The fourth-order valence-corrected chi connectivity index (χ4v) is 2.77. The first-order valence-electron chi connectivity index (χ1n) is 7.09. The maximum absolute atomic E-state index is 14.2. The largest absolute Gasteiger partial charge is 0.364 e. The molecule has 5 heteroatoms. The van der Waals surface area contributed by atoms with Gasteiger partial charge in [0.1, 0.15) is 5.82 Å². The average molecular weight is 313 g/mol. The van der Waals surface area contributed by atoms with Crippen molar-refractivity contribution in [2.24, 2.45) is 5.10 Å². The summed E-state index contributed by atoms with van der Waals surface area (Å²) in [5.74, 6) is -0.235. The highest BCUT2D eigenvalue weighted by Gasteiger charge is 2.32. The van der Waals surface area contributed by atoms with E-state index in [1.165, 1.54) is 6.07 Å². The first-order valence-corrected chi connectivity index (χ1v) is 7.50. The molecule has 0 aromatic heterocycles. The molecule has 1 aliphatic rings. The Morgan fingerprint density at radius 3 is 2.55 bits per heavy atom. The van der Waals surface area contributed by atoms with Crippen molar-refractivity contribution in [1.82, 2.24) is 10.3 Å². The second kappa shape index (κ2) is 6.23. The van der Waals surface area contributed by atoms with Crippen LogP contribution in [0.2, 0.25) is 0 Å². The normalized spacial score (nSPS) is 17.3. The van der Waals surface area contributed by atoms with Crippen molar-refractivity contribution in [3.05, 3.63) is 71.5 Å². The van der Waals surface area contributed by atoms with Gasteiger partial charge in [-0.15, -0.1) is 0 Å². The van der Waals surface area contributed by atoms with Crippen LogP contribution in [0.1, 0.15) is 23.6 Å². The molecule has 0 bridgehead atoms. The van der Waals surface area contributed by atoms with Crippen molar-refractivity contribution in [2.75, 3.05) is 7.05 Å². The van der Waals surface area contributed by atoms with E-state index in [1.807, 2.05) is 36.4 Å². The van der Waals surface area contributed by atoms with E-state index < -0.39 is 0 Å². The van der Waals surface area contributed by atoms with Gasteiger partial charge in [0.25, 0.3) is 0 Å². The van der Waals surface area contributed by atoms with Crippen LogP contribution in [0.4, 0.5) is 4.39 Å². The Labute approximate surface area is 134 Å².